The Bertz CT molecular complexity index is 572. The summed E-state index contributed by atoms with van der Waals surface area (Å²) < 4.78 is 11.0. The minimum atomic E-state index is 0.554. The lowest BCUT2D eigenvalue weighted by Gasteiger charge is -2.33. The van der Waals surface area contributed by atoms with Gasteiger partial charge >= 0.3 is 0 Å². The number of nitrogens with one attached hydrogen (secondary N) is 1. The highest BCUT2D eigenvalue weighted by Crippen LogP contribution is 2.43. The zero-order valence-corrected chi connectivity index (χ0v) is 15.9. The molecule has 5 nitrogen and oxygen atoms in total. The lowest BCUT2D eigenvalue weighted by atomic mass is 9.73. The van der Waals surface area contributed by atoms with Crippen molar-refractivity contribution in [3.8, 4) is 0 Å². The molecule has 2 saturated heterocycles. The number of ether oxygens (including phenoxy) is 1. The van der Waals surface area contributed by atoms with E-state index in [1.54, 1.807) is 6.26 Å². The van der Waals surface area contributed by atoms with Gasteiger partial charge in [0, 0.05) is 45.1 Å². The van der Waals surface area contributed by atoms with Crippen molar-refractivity contribution in [1.82, 2.24) is 10.2 Å². The standard InChI is InChI=1S/C21H33N3O2/c1-2-8-21(9-3-1)10-12-24(17-21)20(23-15-18-7-14-25-16-18)22-11-6-19-5-4-13-26-19/h4-5,13,18H,1-3,6-12,14-17H2,(H,22,23). The van der Waals surface area contributed by atoms with E-state index in [0.717, 1.165) is 57.4 Å². The second-order valence-corrected chi connectivity index (χ2v) is 8.38. The number of hydrogen-bond acceptors (Lipinski definition) is 3. The van der Waals surface area contributed by atoms with E-state index in [-0.39, 0.29) is 0 Å². The van der Waals surface area contributed by atoms with Gasteiger partial charge in [-0.2, -0.15) is 0 Å². The van der Waals surface area contributed by atoms with Crippen LogP contribution in [0.3, 0.4) is 0 Å². The lowest BCUT2D eigenvalue weighted by molar-refractivity contribution is 0.187. The molecule has 1 spiro atoms. The van der Waals surface area contributed by atoms with E-state index >= 15 is 0 Å². The molecule has 3 aliphatic rings. The molecule has 5 heteroatoms. The normalized spacial score (nSPS) is 25.9. The third-order valence-corrected chi connectivity index (χ3v) is 6.41. The third kappa shape index (κ3) is 4.43. The van der Waals surface area contributed by atoms with Crippen LogP contribution in [0.15, 0.2) is 27.8 Å². The lowest BCUT2D eigenvalue weighted by Crippen LogP contribution is -2.42. The van der Waals surface area contributed by atoms with E-state index in [1.165, 1.54) is 45.1 Å². The number of nitrogens with zero attached hydrogens (tertiary/aromatic N) is 2. The summed E-state index contributed by atoms with van der Waals surface area (Å²) in [5.74, 6) is 2.72. The number of furan rings is 1. The maximum atomic E-state index is 5.52. The Hall–Kier alpha value is -1.49. The molecule has 1 N–H and O–H groups in total. The van der Waals surface area contributed by atoms with Crippen LogP contribution >= 0.6 is 0 Å². The smallest absolute Gasteiger partial charge is 0.193 e. The predicted molar refractivity (Wildman–Crippen MR) is 103 cm³/mol. The van der Waals surface area contributed by atoms with E-state index in [9.17, 15) is 0 Å². The molecule has 1 atom stereocenters. The molecule has 144 valence electrons. The SMILES string of the molecule is c1coc(CCNC(=NCC2CCOC2)N2CCC3(CCCCC3)C2)c1. The van der Waals surface area contributed by atoms with Gasteiger partial charge < -0.3 is 19.4 Å². The Morgan fingerprint density at radius 3 is 2.96 bits per heavy atom. The molecule has 4 rings (SSSR count). The summed E-state index contributed by atoms with van der Waals surface area (Å²) in [6.45, 7) is 5.85. The molecule has 26 heavy (non-hydrogen) atoms. The van der Waals surface area contributed by atoms with Gasteiger partial charge in [-0.15, -0.1) is 0 Å². The summed E-state index contributed by atoms with van der Waals surface area (Å²) in [4.78, 5) is 7.52. The van der Waals surface area contributed by atoms with Crippen LogP contribution in [0.25, 0.3) is 0 Å². The summed E-state index contributed by atoms with van der Waals surface area (Å²) in [5.41, 5.74) is 0.554. The van der Waals surface area contributed by atoms with Crippen molar-refractivity contribution in [2.45, 2.75) is 51.4 Å². The molecule has 1 aromatic rings. The number of aliphatic imine (C=N–C) groups is 1. The van der Waals surface area contributed by atoms with Crippen LogP contribution in [0.5, 0.6) is 0 Å². The molecule has 0 radical (unpaired) electrons. The highest BCUT2D eigenvalue weighted by atomic mass is 16.5. The Balaban J connectivity index is 1.37. The molecule has 1 unspecified atom stereocenters. The van der Waals surface area contributed by atoms with Crippen LogP contribution in [0.4, 0.5) is 0 Å². The number of hydrogen-bond donors (Lipinski definition) is 1. The highest BCUT2D eigenvalue weighted by molar-refractivity contribution is 5.80. The zero-order chi connectivity index (χ0) is 17.7. The van der Waals surface area contributed by atoms with Gasteiger partial charge in [-0.3, -0.25) is 4.99 Å². The van der Waals surface area contributed by atoms with Gasteiger partial charge in [-0.05, 0) is 43.2 Å². The largest absolute Gasteiger partial charge is 0.469 e. The minimum absolute atomic E-state index is 0.554. The second kappa shape index (κ2) is 8.47. The molecular weight excluding hydrogens is 326 g/mol. The molecule has 2 aliphatic heterocycles. The van der Waals surface area contributed by atoms with Gasteiger partial charge in [0.05, 0.1) is 12.9 Å². The monoisotopic (exact) mass is 359 g/mol. The molecule has 0 aromatic carbocycles. The third-order valence-electron chi connectivity index (χ3n) is 6.41. The first-order valence-corrected chi connectivity index (χ1v) is 10.5. The van der Waals surface area contributed by atoms with Crippen molar-refractivity contribution in [2.24, 2.45) is 16.3 Å². The second-order valence-electron chi connectivity index (χ2n) is 8.38. The summed E-state index contributed by atoms with van der Waals surface area (Å²) in [5, 5.41) is 3.62. The minimum Gasteiger partial charge on any atom is -0.469 e. The maximum Gasteiger partial charge on any atom is 0.193 e. The summed E-state index contributed by atoms with van der Waals surface area (Å²) >= 11 is 0. The van der Waals surface area contributed by atoms with Gasteiger partial charge in [-0.1, -0.05) is 19.3 Å². The average Bonchev–Trinajstić information content (AvgIpc) is 3.42. The predicted octanol–water partition coefficient (Wildman–Crippen LogP) is 3.46. The quantitative estimate of drug-likeness (QED) is 0.646. The fourth-order valence-electron chi connectivity index (χ4n) is 4.79. The van der Waals surface area contributed by atoms with E-state index < -0.39 is 0 Å². The van der Waals surface area contributed by atoms with Crippen LogP contribution in [-0.4, -0.2) is 50.3 Å². The van der Waals surface area contributed by atoms with Gasteiger partial charge in [-0.25, -0.2) is 0 Å². The van der Waals surface area contributed by atoms with E-state index in [4.69, 9.17) is 14.1 Å². The topological polar surface area (TPSA) is 50.0 Å². The van der Waals surface area contributed by atoms with Crippen molar-refractivity contribution < 1.29 is 9.15 Å². The number of rotatable bonds is 5. The van der Waals surface area contributed by atoms with Gasteiger partial charge in [0.1, 0.15) is 5.76 Å². The van der Waals surface area contributed by atoms with Crippen LogP contribution < -0.4 is 5.32 Å². The average molecular weight is 360 g/mol. The molecule has 3 heterocycles. The highest BCUT2D eigenvalue weighted by Gasteiger charge is 2.39. The Morgan fingerprint density at radius 2 is 2.19 bits per heavy atom. The molecular formula is C21H33N3O2. The first-order valence-electron chi connectivity index (χ1n) is 10.5. The zero-order valence-electron chi connectivity index (χ0n) is 15.9. The molecule has 3 fully saturated rings. The first-order chi connectivity index (χ1) is 12.8. The number of likely N-dealkylation sites (tertiary alicyclic amines) is 1. The summed E-state index contributed by atoms with van der Waals surface area (Å²) in [6.07, 6.45) is 12.2. The number of guanidine groups is 1. The first kappa shape index (κ1) is 17.9. The molecule has 1 aromatic heterocycles. The fourth-order valence-corrected chi connectivity index (χ4v) is 4.79. The van der Waals surface area contributed by atoms with Crippen LogP contribution in [-0.2, 0) is 11.2 Å². The Morgan fingerprint density at radius 1 is 1.27 bits per heavy atom. The van der Waals surface area contributed by atoms with Crippen molar-refractivity contribution in [1.29, 1.82) is 0 Å². The molecule has 0 bridgehead atoms. The molecule has 1 saturated carbocycles. The van der Waals surface area contributed by atoms with Gasteiger partial charge in [0.2, 0.25) is 0 Å². The van der Waals surface area contributed by atoms with E-state index in [0.29, 0.717) is 11.3 Å². The van der Waals surface area contributed by atoms with Crippen LogP contribution in [0.2, 0.25) is 0 Å². The van der Waals surface area contributed by atoms with Gasteiger partial charge in [0.25, 0.3) is 0 Å². The molecule has 1 aliphatic carbocycles. The van der Waals surface area contributed by atoms with E-state index in [2.05, 4.69) is 10.2 Å². The maximum absolute atomic E-state index is 5.52. The van der Waals surface area contributed by atoms with Crippen LogP contribution in [0.1, 0.15) is 50.7 Å². The summed E-state index contributed by atoms with van der Waals surface area (Å²) in [7, 11) is 0. The van der Waals surface area contributed by atoms with Gasteiger partial charge in [0.15, 0.2) is 5.96 Å². The molecule has 0 amide bonds. The van der Waals surface area contributed by atoms with E-state index in [1.807, 2.05) is 12.1 Å². The fraction of sp³-hybridized carbons (Fsp3) is 0.762. The van der Waals surface area contributed by atoms with Crippen molar-refractivity contribution >= 4 is 5.96 Å². The summed E-state index contributed by atoms with van der Waals surface area (Å²) in [6, 6.07) is 4.00. The van der Waals surface area contributed by atoms with Crippen molar-refractivity contribution in [3.05, 3.63) is 24.2 Å². The van der Waals surface area contributed by atoms with Crippen molar-refractivity contribution in [2.75, 3.05) is 39.4 Å². The van der Waals surface area contributed by atoms with Crippen molar-refractivity contribution in [3.63, 3.8) is 0 Å². The van der Waals surface area contributed by atoms with Crippen LogP contribution in [0, 0.1) is 11.3 Å². The Kier molecular flexibility index (Phi) is 5.83. The Labute approximate surface area is 157 Å².